The van der Waals surface area contributed by atoms with Crippen molar-refractivity contribution in [3.8, 4) is 11.5 Å². The van der Waals surface area contributed by atoms with E-state index in [4.69, 9.17) is 13.8 Å². The molecular formula is C29H31N2O6P. The van der Waals surface area contributed by atoms with Gasteiger partial charge in [-0.1, -0.05) is 66.7 Å². The highest BCUT2D eigenvalue weighted by Gasteiger charge is 2.50. The quantitative estimate of drug-likeness (QED) is 0.325. The molecule has 3 aromatic carbocycles. The fourth-order valence-corrected chi connectivity index (χ4v) is 7.15. The second kappa shape index (κ2) is 11.7. The van der Waals surface area contributed by atoms with Crippen LogP contribution in [0.15, 0.2) is 91.0 Å². The molecular weight excluding hydrogens is 503 g/mol. The number of hydrogen-bond acceptors (Lipinski definition) is 6. The molecule has 1 unspecified atom stereocenters. The predicted octanol–water partition coefficient (Wildman–Crippen LogP) is 6.09. The molecule has 0 aromatic heterocycles. The fraction of sp³-hybridized carbons (Fsp3) is 0.310. The van der Waals surface area contributed by atoms with Crippen LogP contribution in [-0.2, 0) is 20.7 Å². The molecule has 2 saturated heterocycles. The molecule has 2 amide bonds. The third kappa shape index (κ3) is 5.86. The molecule has 198 valence electrons. The summed E-state index contributed by atoms with van der Waals surface area (Å²) >= 11 is 0. The monoisotopic (exact) mass is 534 g/mol. The van der Waals surface area contributed by atoms with Crippen LogP contribution < -0.4 is 9.05 Å². The third-order valence-electron chi connectivity index (χ3n) is 6.80. The first kappa shape index (κ1) is 25.9. The van der Waals surface area contributed by atoms with Crippen molar-refractivity contribution in [2.75, 3.05) is 13.1 Å². The molecule has 9 heteroatoms. The number of para-hydroxylation sites is 2. The average Bonchev–Trinajstić information content (AvgIpc) is 3.64. The molecule has 2 heterocycles. The second-order valence-electron chi connectivity index (χ2n) is 9.39. The Labute approximate surface area is 222 Å². The van der Waals surface area contributed by atoms with Crippen molar-refractivity contribution < 1.29 is 27.9 Å². The SMILES string of the molecule is O=C([C@@H]1CCCN1C(=O)OCc1ccccc1)N1CCCC1P(=O)(Oc1ccccc1)Oc1ccccc1. The molecule has 0 radical (unpaired) electrons. The van der Waals surface area contributed by atoms with Gasteiger partial charge < -0.3 is 18.7 Å². The molecule has 0 spiro atoms. The van der Waals surface area contributed by atoms with Gasteiger partial charge in [-0.3, -0.25) is 9.69 Å². The molecule has 8 nitrogen and oxygen atoms in total. The highest BCUT2D eigenvalue weighted by molar-refractivity contribution is 7.55. The molecule has 5 rings (SSSR count). The lowest BCUT2D eigenvalue weighted by atomic mass is 10.2. The highest BCUT2D eigenvalue weighted by atomic mass is 31.2. The summed E-state index contributed by atoms with van der Waals surface area (Å²) in [4.78, 5) is 29.9. The number of amides is 2. The summed E-state index contributed by atoms with van der Waals surface area (Å²) in [6.45, 7) is 0.975. The summed E-state index contributed by atoms with van der Waals surface area (Å²) in [5, 5.41) is 0. The van der Waals surface area contributed by atoms with Gasteiger partial charge in [-0.15, -0.1) is 0 Å². The Balaban J connectivity index is 1.34. The first-order valence-electron chi connectivity index (χ1n) is 12.9. The lowest BCUT2D eigenvalue weighted by Crippen LogP contribution is -2.49. The molecule has 3 aromatic rings. The summed E-state index contributed by atoms with van der Waals surface area (Å²) in [6.07, 6.45) is 1.81. The van der Waals surface area contributed by atoms with Crippen molar-refractivity contribution in [1.82, 2.24) is 9.80 Å². The van der Waals surface area contributed by atoms with Crippen LogP contribution in [0, 0.1) is 0 Å². The Bertz CT molecular complexity index is 1230. The van der Waals surface area contributed by atoms with Crippen molar-refractivity contribution in [2.24, 2.45) is 0 Å². The van der Waals surface area contributed by atoms with E-state index in [1.165, 1.54) is 4.90 Å². The van der Waals surface area contributed by atoms with Gasteiger partial charge in [0.1, 0.15) is 24.1 Å². The maximum Gasteiger partial charge on any atom is 0.453 e. The van der Waals surface area contributed by atoms with Crippen LogP contribution in [0.1, 0.15) is 31.2 Å². The molecule has 0 bridgehead atoms. The van der Waals surface area contributed by atoms with Gasteiger partial charge in [0.25, 0.3) is 0 Å². The van der Waals surface area contributed by atoms with Crippen LogP contribution in [0.25, 0.3) is 0 Å². The molecule has 2 aliphatic heterocycles. The number of hydrogen-bond donors (Lipinski definition) is 0. The molecule has 2 aliphatic rings. The summed E-state index contributed by atoms with van der Waals surface area (Å²) in [7, 11) is -3.89. The zero-order chi connectivity index (χ0) is 26.4. The topological polar surface area (TPSA) is 85.4 Å². The zero-order valence-electron chi connectivity index (χ0n) is 21.1. The van der Waals surface area contributed by atoms with Crippen molar-refractivity contribution in [3.63, 3.8) is 0 Å². The van der Waals surface area contributed by atoms with Crippen LogP contribution in [-0.4, -0.2) is 46.7 Å². The maximum absolute atomic E-state index is 14.4. The minimum Gasteiger partial charge on any atom is -0.445 e. The third-order valence-corrected chi connectivity index (χ3v) is 9.00. The average molecular weight is 535 g/mol. The van der Waals surface area contributed by atoms with Gasteiger partial charge in [0, 0.05) is 13.1 Å². The second-order valence-corrected chi connectivity index (χ2v) is 11.4. The first-order valence-corrected chi connectivity index (χ1v) is 14.5. The van der Waals surface area contributed by atoms with E-state index in [1.807, 2.05) is 42.5 Å². The summed E-state index contributed by atoms with van der Waals surface area (Å²) < 4.78 is 32.0. The lowest BCUT2D eigenvalue weighted by molar-refractivity contribution is -0.135. The first-order chi connectivity index (χ1) is 18.5. The number of rotatable bonds is 8. The van der Waals surface area contributed by atoms with Gasteiger partial charge in [0.2, 0.25) is 5.91 Å². The number of carbonyl (C=O) groups is 2. The Kier molecular flexibility index (Phi) is 7.99. The van der Waals surface area contributed by atoms with E-state index in [-0.39, 0.29) is 12.5 Å². The van der Waals surface area contributed by atoms with Crippen molar-refractivity contribution in [2.45, 2.75) is 44.1 Å². The van der Waals surface area contributed by atoms with Gasteiger partial charge in [-0.2, -0.15) is 0 Å². The minimum absolute atomic E-state index is 0.133. The van der Waals surface area contributed by atoms with Crippen molar-refractivity contribution in [1.29, 1.82) is 0 Å². The Morgan fingerprint density at radius 1 is 0.737 bits per heavy atom. The minimum atomic E-state index is -3.89. The van der Waals surface area contributed by atoms with Crippen molar-refractivity contribution in [3.05, 3.63) is 96.6 Å². The van der Waals surface area contributed by atoms with E-state index in [2.05, 4.69) is 0 Å². The van der Waals surface area contributed by atoms with Gasteiger partial charge >= 0.3 is 13.7 Å². The molecule has 38 heavy (non-hydrogen) atoms. The van der Waals surface area contributed by atoms with E-state index >= 15 is 0 Å². The van der Waals surface area contributed by atoms with Crippen LogP contribution in [0.2, 0.25) is 0 Å². The van der Waals surface area contributed by atoms with E-state index in [9.17, 15) is 14.2 Å². The Hall–Kier alpha value is -3.77. The highest BCUT2D eigenvalue weighted by Crippen LogP contribution is 2.57. The smallest absolute Gasteiger partial charge is 0.445 e. The molecule has 0 N–H and O–H groups in total. The van der Waals surface area contributed by atoms with Crippen molar-refractivity contribution >= 4 is 19.6 Å². The lowest BCUT2D eigenvalue weighted by Gasteiger charge is -2.34. The molecule has 0 saturated carbocycles. The van der Waals surface area contributed by atoms with Gasteiger partial charge in [-0.05, 0) is 55.5 Å². The Morgan fingerprint density at radius 3 is 1.87 bits per heavy atom. The van der Waals surface area contributed by atoms with Crippen LogP contribution in [0.3, 0.4) is 0 Å². The van der Waals surface area contributed by atoms with Gasteiger partial charge in [0.05, 0.1) is 0 Å². The molecule has 0 aliphatic carbocycles. The zero-order valence-corrected chi connectivity index (χ0v) is 22.0. The summed E-state index contributed by atoms with van der Waals surface area (Å²) in [6, 6.07) is 26.4. The number of nitrogens with zero attached hydrogens (tertiary/aromatic N) is 2. The number of ether oxygens (including phenoxy) is 1. The van der Waals surface area contributed by atoms with Crippen LogP contribution in [0.5, 0.6) is 11.5 Å². The van der Waals surface area contributed by atoms with Gasteiger partial charge in [-0.25, -0.2) is 9.36 Å². The van der Waals surface area contributed by atoms with Gasteiger partial charge in [0.15, 0.2) is 5.78 Å². The predicted molar refractivity (Wildman–Crippen MR) is 143 cm³/mol. The normalized spacial score (nSPS) is 19.3. The maximum atomic E-state index is 14.4. The summed E-state index contributed by atoms with van der Waals surface area (Å²) in [5.41, 5.74) is 0.875. The van der Waals surface area contributed by atoms with Crippen LogP contribution >= 0.6 is 7.60 Å². The van der Waals surface area contributed by atoms with E-state index in [1.54, 1.807) is 53.4 Å². The fourth-order valence-electron chi connectivity index (χ4n) is 4.97. The van der Waals surface area contributed by atoms with E-state index in [0.717, 1.165) is 5.56 Å². The van der Waals surface area contributed by atoms with E-state index < -0.39 is 25.5 Å². The Morgan fingerprint density at radius 2 is 1.26 bits per heavy atom. The summed E-state index contributed by atoms with van der Waals surface area (Å²) in [5.74, 6) is -0.232. The number of carbonyl (C=O) groups excluding carboxylic acids is 2. The molecule has 2 atom stereocenters. The number of benzene rings is 3. The molecule has 2 fully saturated rings. The van der Waals surface area contributed by atoms with Crippen LogP contribution in [0.4, 0.5) is 4.79 Å². The number of likely N-dealkylation sites (tertiary alicyclic amines) is 2. The van der Waals surface area contributed by atoms with E-state index in [0.29, 0.717) is 50.3 Å². The standard InChI is InChI=1S/C29H31N2O6P/c32-28(26-18-10-20-30(26)29(33)35-22-23-12-4-1-5-13-23)31-21-11-19-27(31)38(34,36-24-14-6-2-7-15-24)37-25-16-8-3-9-17-25/h1-9,12-17,26-27H,10-11,18-22H2/t26-,27?/m0/s1. The largest absolute Gasteiger partial charge is 0.453 e.